The summed E-state index contributed by atoms with van der Waals surface area (Å²) >= 11 is 0. The molecule has 0 aliphatic heterocycles. The van der Waals surface area contributed by atoms with Crippen LogP contribution in [0.3, 0.4) is 0 Å². The summed E-state index contributed by atoms with van der Waals surface area (Å²) < 4.78 is 0. The van der Waals surface area contributed by atoms with E-state index in [2.05, 4.69) is 19.1 Å². The van der Waals surface area contributed by atoms with Crippen LogP contribution in [-0.2, 0) is 4.79 Å². The molecule has 0 bridgehead atoms. The third kappa shape index (κ3) is 32.9. The lowest BCUT2D eigenvalue weighted by Crippen LogP contribution is -2.07. The van der Waals surface area contributed by atoms with Crippen LogP contribution < -0.4 is 0 Å². The van der Waals surface area contributed by atoms with Gasteiger partial charge in [-0.25, -0.2) is 0 Å². The largest absolute Gasteiger partial charge is 0.631 e. The molecule has 4 N–H and O–H groups in total. The number of unbranched alkanes of at least 4 members (excludes halogenated alkanes) is 11. The molecular weight excluding hydrogens is 307 g/mol. The molecule has 0 amide bonds. The summed E-state index contributed by atoms with van der Waals surface area (Å²) in [6.07, 6.45) is 21.2. The number of allylic oxidation sites excluding steroid dienone is 2. The second kappa shape index (κ2) is 22.2. The predicted molar refractivity (Wildman–Crippen MR) is 99.5 cm³/mol. The molecule has 0 aromatic rings. The number of hydrogen-bond donors (Lipinski definition) is 4. The number of carbonyl (C=O) groups is 1. The minimum atomic E-state index is -2.17. The molecule has 0 spiro atoms. The van der Waals surface area contributed by atoms with Gasteiger partial charge in [0.2, 0.25) is 0 Å². The molecule has 0 aromatic carbocycles. The van der Waals surface area contributed by atoms with Crippen molar-refractivity contribution in [2.24, 2.45) is 0 Å². The number of rotatable bonds is 15. The van der Waals surface area contributed by atoms with Crippen LogP contribution in [0.15, 0.2) is 12.2 Å². The molecule has 6 heteroatoms. The van der Waals surface area contributed by atoms with E-state index in [1.54, 1.807) is 0 Å². The maximum Gasteiger partial charge on any atom is 0.631 e. The molecule has 0 saturated heterocycles. The van der Waals surface area contributed by atoms with Crippen molar-refractivity contribution in [1.82, 2.24) is 0 Å². The fourth-order valence-corrected chi connectivity index (χ4v) is 2.35. The molecule has 0 atom stereocenters. The highest BCUT2D eigenvalue weighted by Gasteiger charge is 1.95. The van der Waals surface area contributed by atoms with Crippen molar-refractivity contribution < 1.29 is 25.0 Å². The topological polar surface area (TPSA) is 98.0 Å². The predicted octanol–water partition coefficient (Wildman–Crippen LogP) is 4.06. The highest BCUT2D eigenvalue weighted by atomic mass is 16.5. The summed E-state index contributed by atoms with van der Waals surface area (Å²) in [5.74, 6) is -0.664. The van der Waals surface area contributed by atoms with E-state index >= 15 is 0 Å². The van der Waals surface area contributed by atoms with Crippen LogP contribution in [0.25, 0.3) is 0 Å². The minimum absolute atomic E-state index is 0.332. The summed E-state index contributed by atoms with van der Waals surface area (Å²) in [6, 6.07) is 0. The van der Waals surface area contributed by atoms with Crippen LogP contribution in [0.2, 0.25) is 0 Å². The Morgan fingerprint density at radius 1 is 0.750 bits per heavy atom. The van der Waals surface area contributed by atoms with Gasteiger partial charge < -0.3 is 20.2 Å². The van der Waals surface area contributed by atoms with Gasteiger partial charge in [-0.2, -0.15) is 0 Å². The lowest BCUT2D eigenvalue weighted by Gasteiger charge is -1.99. The van der Waals surface area contributed by atoms with Gasteiger partial charge in [-0.1, -0.05) is 70.4 Å². The average molecular weight is 344 g/mol. The van der Waals surface area contributed by atoms with Crippen molar-refractivity contribution in [3.8, 4) is 0 Å². The van der Waals surface area contributed by atoms with Gasteiger partial charge in [0.1, 0.15) is 0 Å². The number of carboxylic acid groups (broad SMARTS) is 1. The van der Waals surface area contributed by atoms with Crippen molar-refractivity contribution in [2.45, 2.75) is 96.8 Å². The molecular formula is C18H37BO5. The normalized spacial score (nSPS) is 10.5. The fraction of sp³-hybridized carbons (Fsp3) is 0.833. The van der Waals surface area contributed by atoms with Crippen molar-refractivity contribution >= 4 is 13.3 Å². The lowest BCUT2D eigenvalue weighted by atomic mass is 10.1. The zero-order chi connectivity index (χ0) is 18.5. The molecule has 5 nitrogen and oxygen atoms in total. The first-order chi connectivity index (χ1) is 11.5. The third-order valence-corrected chi connectivity index (χ3v) is 3.65. The number of carboxylic acids is 1. The minimum Gasteiger partial charge on any atom is -0.481 e. The molecule has 0 aliphatic rings. The van der Waals surface area contributed by atoms with Crippen LogP contribution in [0.5, 0.6) is 0 Å². The molecule has 0 unspecified atom stereocenters. The van der Waals surface area contributed by atoms with Crippen LogP contribution in [0.4, 0.5) is 0 Å². The Balaban J connectivity index is 0. The van der Waals surface area contributed by atoms with Crippen molar-refractivity contribution in [1.29, 1.82) is 0 Å². The third-order valence-electron chi connectivity index (χ3n) is 3.65. The van der Waals surface area contributed by atoms with Crippen LogP contribution >= 0.6 is 0 Å². The molecule has 0 fully saturated rings. The van der Waals surface area contributed by atoms with Gasteiger partial charge >= 0.3 is 13.3 Å². The number of aliphatic carboxylic acids is 1. The second-order valence-corrected chi connectivity index (χ2v) is 6.07. The van der Waals surface area contributed by atoms with Gasteiger partial charge in [-0.3, -0.25) is 4.79 Å². The van der Waals surface area contributed by atoms with Gasteiger partial charge in [-0.05, 0) is 32.1 Å². The van der Waals surface area contributed by atoms with E-state index in [-0.39, 0.29) is 0 Å². The Labute approximate surface area is 148 Å². The van der Waals surface area contributed by atoms with Gasteiger partial charge in [0.25, 0.3) is 0 Å². The van der Waals surface area contributed by atoms with Crippen molar-refractivity contribution in [3.63, 3.8) is 0 Å². The molecule has 142 valence electrons. The Morgan fingerprint density at radius 2 is 1.12 bits per heavy atom. The van der Waals surface area contributed by atoms with Gasteiger partial charge in [0.15, 0.2) is 0 Å². The summed E-state index contributed by atoms with van der Waals surface area (Å²) in [4.78, 5) is 10.3. The van der Waals surface area contributed by atoms with Gasteiger partial charge in [-0.15, -0.1) is 0 Å². The molecule has 0 saturated carbocycles. The van der Waals surface area contributed by atoms with Crippen molar-refractivity contribution in [3.05, 3.63) is 12.2 Å². The van der Waals surface area contributed by atoms with E-state index < -0.39 is 13.3 Å². The van der Waals surface area contributed by atoms with E-state index in [0.717, 1.165) is 12.8 Å². The second-order valence-electron chi connectivity index (χ2n) is 6.07. The first-order valence-electron chi connectivity index (χ1n) is 9.41. The van der Waals surface area contributed by atoms with Crippen LogP contribution in [0.1, 0.15) is 96.8 Å². The molecule has 0 aliphatic carbocycles. The monoisotopic (exact) mass is 344 g/mol. The van der Waals surface area contributed by atoms with Gasteiger partial charge in [0, 0.05) is 6.42 Å². The SMILES string of the molecule is CCCCCCCCC=CCCCCCCCC(=O)O.OB(O)O. The van der Waals surface area contributed by atoms with E-state index in [9.17, 15) is 4.79 Å². The van der Waals surface area contributed by atoms with E-state index in [0.29, 0.717) is 6.42 Å². The number of hydrogen-bond acceptors (Lipinski definition) is 4. The average Bonchev–Trinajstić information content (AvgIpc) is 2.50. The Hall–Kier alpha value is -0.845. The summed E-state index contributed by atoms with van der Waals surface area (Å²) in [5, 5.41) is 30.0. The molecule has 0 heterocycles. The van der Waals surface area contributed by atoms with E-state index in [4.69, 9.17) is 20.2 Å². The fourth-order valence-electron chi connectivity index (χ4n) is 2.35. The lowest BCUT2D eigenvalue weighted by molar-refractivity contribution is -0.137. The van der Waals surface area contributed by atoms with E-state index in [1.165, 1.54) is 70.6 Å². The van der Waals surface area contributed by atoms with Crippen LogP contribution in [-0.4, -0.2) is 33.5 Å². The molecule has 0 aromatic heterocycles. The molecule has 0 radical (unpaired) electrons. The first kappa shape index (κ1) is 25.4. The summed E-state index contributed by atoms with van der Waals surface area (Å²) in [5.41, 5.74) is 0. The Kier molecular flexibility index (Phi) is 23.4. The first-order valence-corrected chi connectivity index (χ1v) is 9.41. The highest BCUT2D eigenvalue weighted by Crippen LogP contribution is 2.09. The molecule has 0 rings (SSSR count). The quantitative estimate of drug-likeness (QED) is 0.204. The summed E-state index contributed by atoms with van der Waals surface area (Å²) in [7, 11) is -2.17. The summed E-state index contributed by atoms with van der Waals surface area (Å²) in [6.45, 7) is 2.26. The highest BCUT2D eigenvalue weighted by molar-refractivity contribution is 6.30. The standard InChI is InChI=1S/C18H34O2.BH3O3/c1-2-3-4-5-6-7-8-9-10-11-12-13-14-15-16-17-18(19)20;2-1(3)4/h9-10H,2-8,11-17H2,1H3,(H,19,20);2-4H. The maximum absolute atomic E-state index is 10.3. The van der Waals surface area contributed by atoms with Gasteiger partial charge in [0.05, 0.1) is 0 Å². The maximum atomic E-state index is 10.3. The van der Waals surface area contributed by atoms with Crippen LogP contribution in [0, 0.1) is 0 Å². The molecule has 24 heavy (non-hydrogen) atoms. The zero-order valence-electron chi connectivity index (χ0n) is 15.3. The van der Waals surface area contributed by atoms with Crippen molar-refractivity contribution in [2.75, 3.05) is 0 Å². The smallest absolute Gasteiger partial charge is 0.481 e. The Morgan fingerprint density at radius 3 is 1.54 bits per heavy atom. The van der Waals surface area contributed by atoms with E-state index in [1.807, 2.05) is 0 Å². The zero-order valence-corrected chi connectivity index (χ0v) is 15.3. The Bertz CT molecular complexity index is 280.